The zero-order chi connectivity index (χ0) is 20.4. The van der Waals surface area contributed by atoms with E-state index in [9.17, 15) is 4.79 Å². The van der Waals surface area contributed by atoms with Gasteiger partial charge < -0.3 is 5.32 Å². The predicted octanol–water partition coefficient (Wildman–Crippen LogP) is 5.01. The molecule has 0 bridgehead atoms. The Hall–Kier alpha value is -2.89. The number of nitrogens with zero attached hydrogens (tertiary/aromatic N) is 3. The predicted molar refractivity (Wildman–Crippen MR) is 116 cm³/mol. The van der Waals surface area contributed by atoms with Gasteiger partial charge in [0.15, 0.2) is 5.65 Å². The normalized spacial score (nSPS) is 11.0. The lowest BCUT2D eigenvalue weighted by atomic mass is 10.1. The lowest BCUT2D eigenvalue weighted by Crippen LogP contribution is -2.25. The molecule has 0 aliphatic heterocycles. The van der Waals surface area contributed by atoms with E-state index in [0.29, 0.717) is 33.5 Å². The molecule has 2 aromatic carbocycles. The summed E-state index contributed by atoms with van der Waals surface area (Å²) in [4.78, 5) is 21.6. The number of hydrogen-bond acceptors (Lipinski definition) is 3. The van der Waals surface area contributed by atoms with Gasteiger partial charge in [0.1, 0.15) is 11.3 Å². The average Bonchev–Trinajstić information content (AvgIpc) is 3.05. The summed E-state index contributed by atoms with van der Waals surface area (Å²) < 4.78 is 1.86. The second-order valence-corrected chi connectivity index (χ2v) is 7.48. The smallest absolute Gasteiger partial charge is 0.251 e. The number of rotatable bonds is 5. The standard InChI is InChI=1S/C22H18Cl2N4O/c1-14-27-19-3-2-11-25-21(19)28(14)20-13-16(6-9-18(20)24)22(29)26-12-10-15-4-7-17(23)8-5-15/h2-9,11,13H,10,12H2,1H3,(H,26,29). The van der Waals surface area contributed by atoms with Gasteiger partial charge in [-0.15, -0.1) is 0 Å². The molecule has 29 heavy (non-hydrogen) atoms. The van der Waals surface area contributed by atoms with E-state index in [2.05, 4.69) is 15.3 Å². The first-order chi connectivity index (χ1) is 14.0. The van der Waals surface area contributed by atoms with Crippen LogP contribution in [0.1, 0.15) is 21.7 Å². The van der Waals surface area contributed by atoms with Crippen LogP contribution in [0.3, 0.4) is 0 Å². The molecule has 4 aromatic rings. The lowest BCUT2D eigenvalue weighted by Gasteiger charge is -2.11. The monoisotopic (exact) mass is 424 g/mol. The number of nitrogens with one attached hydrogen (secondary N) is 1. The number of fused-ring (bicyclic) bond motifs is 1. The van der Waals surface area contributed by atoms with Crippen molar-refractivity contribution < 1.29 is 4.79 Å². The quantitative estimate of drug-likeness (QED) is 0.489. The van der Waals surface area contributed by atoms with E-state index >= 15 is 0 Å². The van der Waals surface area contributed by atoms with Gasteiger partial charge in [-0.1, -0.05) is 35.3 Å². The van der Waals surface area contributed by atoms with Crippen molar-refractivity contribution in [2.75, 3.05) is 6.54 Å². The molecular formula is C22H18Cl2N4O. The molecule has 0 unspecified atom stereocenters. The summed E-state index contributed by atoms with van der Waals surface area (Å²) in [6.07, 6.45) is 2.43. The minimum Gasteiger partial charge on any atom is -0.352 e. The number of benzene rings is 2. The van der Waals surface area contributed by atoms with Gasteiger partial charge in [0, 0.05) is 23.3 Å². The molecule has 146 valence electrons. The van der Waals surface area contributed by atoms with E-state index in [4.69, 9.17) is 23.2 Å². The van der Waals surface area contributed by atoms with Gasteiger partial charge in [-0.25, -0.2) is 9.97 Å². The Kier molecular flexibility index (Phi) is 5.51. The largest absolute Gasteiger partial charge is 0.352 e. The van der Waals surface area contributed by atoms with Crippen molar-refractivity contribution in [3.05, 3.63) is 87.8 Å². The van der Waals surface area contributed by atoms with E-state index in [1.165, 1.54) is 0 Å². The van der Waals surface area contributed by atoms with E-state index in [1.807, 2.05) is 47.9 Å². The molecule has 0 radical (unpaired) electrons. The molecule has 0 atom stereocenters. The fraction of sp³-hybridized carbons (Fsp3) is 0.136. The molecule has 1 N–H and O–H groups in total. The van der Waals surface area contributed by atoms with Crippen LogP contribution in [-0.4, -0.2) is 27.0 Å². The molecular weight excluding hydrogens is 407 g/mol. The van der Waals surface area contributed by atoms with Crippen LogP contribution >= 0.6 is 23.2 Å². The van der Waals surface area contributed by atoms with Gasteiger partial charge in [0.2, 0.25) is 0 Å². The maximum absolute atomic E-state index is 12.7. The zero-order valence-corrected chi connectivity index (χ0v) is 17.2. The molecule has 2 heterocycles. The van der Waals surface area contributed by atoms with Crippen LogP contribution in [0.25, 0.3) is 16.9 Å². The van der Waals surface area contributed by atoms with Crippen LogP contribution in [0, 0.1) is 6.92 Å². The van der Waals surface area contributed by atoms with Crippen LogP contribution < -0.4 is 5.32 Å². The SMILES string of the molecule is Cc1nc2cccnc2n1-c1cc(C(=O)NCCc2ccc(Cl)cc2)ccc1Cl. The molecule has 0 saturated heterocycles. The minimum absolute atomic E-state index is 0.160. The van der Waals surface area contributed by atoms with Crippen LogP contribution in [0.2, 0.25) is 10.0 Å². The van der Waals surface area contributed by atoms with Crippen LogP contribution in [0.5, 0.6) is 0 Å². The number of halogens is 2. The van der Waals surface area contributed by atoms with Crippen molar-refractivity contribution in [3.63, 3.8) is 0 Å². The number of pyridine rings is 1. The fourth-order valence-corrected chi connectivity index (χ4v) is 3.54. The van der Waals surface area contributed by atoms with Crippen molar-refractivity contribution in [3.8, 4) is 5.69 Å². The molecule has 0 spiro atoms. The Balaban J connectivity index is 1.55. The first-order valence-corrected chi connectivity index (χ1v) is 9.91. The maximum atomic E-state index is 12.7. The Morgan fingerprint density at radius 1 is 1.10 bits per heavy atom. The highest BCUT2D eigenvalue weighted by Gasteiger charge is 2.15. The highest BCUT2D eigenvalue weighted by Crippen LogP contribution is 2.26. The molecule has 0 aliphatic carbocycles. The molecule has 1 amide bonds. The highest BCUT2D eigenvalue weighted by molar-refractivity contribution is 6.32. The number of imidazole rings is 1. The van der Waals surface area contributed by atoms with Gasteiger partial charge in [-0.2, -0.15) is 0 Å². The Morgan fingerprint density at radius 2 is 1.90 bits per heavy atom. The number of aryl methyl sites for hydroxylation is 1. The van der Waals surface area contributed by atoms with Crippen molar-refractivity contribution in [2.45, 2.75) is 13.3 Å². The second kappa shape index (κ2) is 8.23. The summed E-state index contributed by atoms with van der Waals surface area (Å²) in [7, 11) is 0. The third-order valence-corrected chi connectivity index (χ3v) is 5.22. The molecule has 0 aliphatic rings. The number of aromatic nitrogens is 3. The Morgan fingerprint density at radius 3 is 2.69 bits per heavy atom. The van der Waals surface area contributed by atoms with Gasteiger partial charge in [0.05, 0.1) is 10.7 Å². The van der Waals surface area contributed by atoms with E-state index in [1.54, 1.807) is 24.4 Å². The summed E-state index contributed by atoms with van der Waals surface area (Å²) in [5.41, 5.74) is 3.79. The van der Waals surface area contributed by atoms with Crippen LogP contribution in [0.4, 0.5) is 0 Å². The minimum atomic E-state index is -0.160. The Bertz CT molecular complexity index is 1190. The highest BCUT2D eigenvalue weighted by atomic mass is 35.5. The topological polar surface area (TPSA) is 59.8 Å². The van der Waals surface area contributed by atoms with Crippen molar-refractivity contribution >= 4 is 40.3 Å². The third-order valence-electron chi connectivity index (χ3n) is 4.65. The molecule has 7 heteroatoms. The number of hydrogen-bond donors (Lipinski definition) is 1. The lowest BCUT2D eigenvalue weighted by molar-refractivity contribution is 0.0954. The van der Waals surface area contributed by atoms with Crippen molar-refractivity contribution in [1.82, 2.24) is 19.9 Å². The summed E-state index contributed by atoms with van der Waals surface area (Å²) in [5, 5.41) is 4.17. The third kappa shape index (κ3) is 4.11. The summed E-state index contributed by atoms with van der Waals surface area (Å²) >= 11 is 12.3. The van der Waals surface area contributed by atoms with Gasteiger partial charge in [-0.3, -0.25) is 9.36 Å². The summed E-state index contributed by atoms with van der Waals surface area (Å²) in [6, 6.07) is 16.5. The number of carbonyl (C=O) groups is 1. The van der Waals surface area contributed by atoms with Crippen molar-refractivity contribution in [1.29, 1.82) is 0 Å². The van der Waals surface area contributed by atoms with E-state index < -0.39 is 0 Å². The molecule has 0 saturated carbocycles. The molecule has 4 rings (SSSR count). The molecule has 5 nitrogen and oxygen atoms in total. The molecule has 0 fully saturated rings. The fourth-order valence-electron chi connectivity index (χ4n) is 3.21. The first-order valence-electron chi connectivity index (χ1n) is 9.15. The molecule has 2 aromatic heterocycles. The van der Waals surface area contributed by atoms with E-state index in [-0.39, 0.29) is 5.91 Å². The maximum Gasteiger partial charge on any atom is 0.251 e. The summed E-state index contributed by atoms with van der Waals surface area (Å²) in [5.74, 6) is 0.591. The summed E-state index contributed by atoms with van der Waals surface area (Å²) in [6.45, 7) is 2.41. The van der Waals surface area contributed by atoms with E-state index in [0.717, 1.165) is 23.3 Å². The number of amides is 1. The zero-order valence-electron chi connectivity index (χ0n) is 15.7. The first kappa shape index (κ1) is 19.4. The van der Waals surface area contributed by atoms with Crippen LogP contribution in [-0.2, 0) is 6.42 Å². The van der Waals surface area contributed by atoms with Gasteiger partial charge >= 0.3 is 0 Å². The second-order valence-electron chi connectivity index (χ2n) is 6.64. The van der Waals surface area contributed by atoms with Crippen molar-refractivity contribution in [2.24, 2.45) is 0 Å². The van der Waals surface area contributed by atoms with Gasteiger partial charge in [-0.05, 0) is 61.4 Å². The average molecular weight is 425 g/mol. The Labute approximate surface area is 178 Å². The number of carbonyl (C=O) groups excluding carboxylic acids is 1. The van der Waals surface area contributed by atoms with Crippen LogP contribution in [0.15, 0.2) is 60.8 Å². The van der Waals surface area contributed by atoms with Gasteiger partial charge in [0.25, 0.3) is 5.91 Å².